The van der Waals surface area contributed by atoms with E-state index in [1.807, 2.05) is 13.8 Å². The third-order valence-electron chi connectivity index (χ3n) is 5.05. The highest BCUT2D eigenvalue weighted by atomic mass is 16.5. The van der Waals surface area contributed by atoms with E-state index in [-0.39, 0.29) is 11.1 Å². The molecule has 2 rings (SSSR count). The molecule has 0 saturated carbocycles. The Balaban J connectivity index is 2.51. The van der Waals surface area contributed by atoms with Gasteiger partial charge in [0.1, 0.15) is 11.9 Å². The number of rotatable bonds is 3. The second kappa shape index (κ2) is 6.63. The third-order valence-corrected chi connectivity index (χ3v) is 5.05. The lowest BCUT2D eigenvalue weighted by molar-refractivity contribution is -0.139. The molecule has 2 atom stereocenters. The number of aldehydes is 1. The van der Waals surface area contributed by atoms with Gasteiger partial charge in [-0.05, 0) is 19.8 Å². The van der Waals surface area contributed by atoms with Crippen molar-refractivity contribution in [2.45, 2.75) is 38.7 Å². The molecular weight excluding hydrogens is 312 g/mol. The van der Waals surface area contributed by atoms with E-state index >= 15 is 0 Å². The maximum Gasteiger partial charge on any atom is 0.338 e. The van der Waals surface area contributed by atoms with Gasteiger partial charge in [0.05, 0.1) is 31.6 Å². The van der Waals surface area contributed by atoms with E-state index in [1.165, 1.54) is 20.5 Å². The van der Waals surface area contributed by atoms with E-state index in [4.69, 9.17) is 14.2 Å². The molecule has 0 aromatic rings. The smallest absolute Gasteiger partial charge is 0.338 e. The van der Waals surface area contributed by atoms with E-state index in [0.29, 0.717) is 24.8 Å². The Morgan fingerprint density at radius 2 is 1.62 bits per heavy atom. The molecule has 1 aliphatic carbocycles. The first-order valence-corrected chi connectivity index (χ1v) is 7.69. The molecule has 0 bridgehead atoms. The molecule has 0 unspecified atom stereocenters. The van der Waals surface area contributed by atoms with Gasteiger partial charge in [0.25, 0.3) is 0 Å². The molecule has 2 aliphatic rings. The molecule has 0 aromatic carbocycles. The van der Waals surface area contributed by atoms with Crippen LogP contribution in [0.3, 0.4) is 0 Å². The number of fused-ring (bicyclic) bond motifs is 1. The molecule has 6 heteroatoms. The van der Waals surface area contributed by atoms with Crippen LogP contribution in [-0.2, 0) is 28.6 Å². The number of carbonyl (C=O) groups excluding carboxylic acids is 3. The van der Waals surface area contributed by atoms with Crippen molar-refractivity contribution in [3.8, 4) is 0 Å². The summed E-state index contributed by atoms with van der Waals surface area (Å²) in [5.74, 6) is -1.19. The number of methoxy groups -OCH3 is 2. The zero-order chi connectivity index (χ0) is 18.0. The van der Waals surface area contributed by atoms with E-state index < -0.39 is 23.0 Å². The summed E-state index contributed by atoms with van der Waals surface area (Å²) in [7, 11) is 2.53. The summed E-state index contributed by atoms with van der Waals surface area (Å²) in [5.41, 5.74) is -0.108. The zero-order valence-electron chi connectivity index (χ0n) is 14.4. The largest absolute Gasteiger partial charge is 0.494 e. The van der Waals surface area contributed by atoms with Crippen LogP contribution in [0.1, 0.15) is 33.1 Å². The van der Waals surface area contributed by atoms with Crippen LogP contribution in [-0.4, -0.2) is 38.0 Å². The molecule has 0 N–H and O–H groups in total. The van der Waals surface area contributed by atoms with Crippen LogP contribution in [0.4, 0.5) is 0 Å². The van der Waals surface area contributed by atoms with Crippen molar-refractivity contribution in [3.63, 3.8) is 0 Å². The van der Waals surface area contributed by atoms with Gasteiger partial charge in [-0.2, -0.15) is 0 Å². The fourth-order valence-corrected chi connectivity index (χ4v) is 3.13. The fraction of sp³-hybridized carbons (Fsp3) is 0.500. The Labute approximate surface area is 141 Å². The standard InChI is InChI=1S/C18H22O6/c1-17-7-5-13(15(20)22-3)14(16(21)23-4)6-8-18(17,2)24-11-12(9-17)10-19/h5-6,10-11H,7-9H2,1-4H3/b13-5+,14-6+/t17-,18-/m0/s1. The Hall–Kier alpha value is -2.37. The molecule has 0 aromatic heterocycles. The van der Waals surface area contributed by atoms with Crippen molar-refractivity contribution in [1.82, 2.24) is 0 Å². The molecule has 0 fully saturated rings. The van der Waals surface area contributed by atoms with Crippen molar-refractivity contribution in [2.75, 3.05) is 14.2 Å². The first kappa shape index (κ1) is 18.0. The minimum atomic E-state index is -0.614. The van der Waals surface area contributed by atoms with Gasteiger partial charge < -0.3 is 14.2 Å². The lowest BCUT2D eigenvalue weighted by atomic mass is 9.64. The molecule has 24 heavy (non-hydrogen) atoms. The van der Waals surface area contributed by atoms with E-state index in [9.17, 15) is 14.4 Å². The highest BCUT2D eigenvalue weighted by Gasteiger charge is 2.48. The molecule has 130 valence electrons. The molecule has 0 amide bonds. The number of ether oxygens (including phenoxy) is 3. The van der Waals surface area contributed by atoms with Gasteiger partial charge in [-0.1, -0.05) is 19.1 Å². The van der Waals surface area contributed by atoms with Gasteiger partial charge in [0, 0.05) is 17.4 Å². The summed E-state index contributed by atoms with van der Waals surface area (Å²) in [6.45, 7) is 3.94. The maximum absolute atomic E-state index is 12.1. The number of hydrogen-bond acceptors (Lipinski definition) is 6. The molecule has 6 nitrogen and oxygen atoms in total. The zero-order valence-corrected chi connectivity index (χ0v) is 14.4. The Morgan fingerprint density at radius 3 is 2.12 bits per heavy atom. The average molecular weight is 334 g/mol. The molecular formula is C18H22O6. The minimum Gasteiger partial charge on any atom is -0.494 e. The fourth-order valence-electron chi connectivity index (χ4n) is 3.13. The van der Waals surface area contributed by atoms with Gasteiger partial charge >= 0.3 is 11.9 Å². The molecule has 1 heterocycles. The quantitative estimate of drug-likeness (QED) is 0.582. The monoisotopic (exact) mass is 334 g/mol. The van der Waals surface area contributed by atoms with Gasteiger partial charge in [-0.3, -0.25) is 4.79 Å². The lowest BCUT2D eigenvalue weighted by Gasteiger charge is -2.48. The SMILES string of the molecule is COC(=O)C1=C/C[C@@]2(C)CC(C=O)=CO[C@@]2(C)C/C=C\1C(=O)OC. The Bertz CT molecular complexity index is 656. The van der Waals surface area contributed by atoms with Crippen molar-refractivity contribution < 1.29 is 28.6 Å². The Morgan fingerprint density at radius 1 is 1.08 bits per heavy atom. The number of carbonyl (C=O) groups is 3. The van der Waals surface area contributed by atoms with E-state index in [1.54, 1.807) is 12.2 Å². The second-order valence-electron chi connectivity index (χ2n) is 6.52. The number of allylic oxidation sites excluding steroid dienone is 2. The number of esters is 2. The minimum absolute atomic E-state index is 0.168. The van der Waals surface area contributed by atoms with Crippen LogP contribution in [0.5, 0.6) is 0 Å². The summed E-state index contributed by atoms with van der Waals surface area (Å²) in [5, 5.41) is 0. The van der Waals surface area contributed by atoms with Gasteiger partial charge in [0.2, 0.25) is 0 Å². The maximum atomic E-state index is 12.1. The summed E-state index contributed by atoms with van der Waals surface area (Å²) in [4.78, 5) is 35.3. The first-order valence-electron chi connectivity index (χ1n) is 7.69. The van der Waals surface area contributed by atoms with Crippen LogP contribution in [0.2, 0.25) is 0 Å². The summed E-state index contributed by atoms with van der Waals surface area (Å²) in [6.07, 6.45) is 6.95. The van der Waals surface area contributed by atoms with Crippen LogP contribution in [0.25, 0.3) is 0 Å². The highest BCUT2D eigenvalue weighted by molar-refractivity contribution is 6.07. The molecule has 0 radical (unpaired) electrons. The van der Waals surface area contributed by atoms with E-state index in [2.05, 4.69) is 0 Å². The number of hydrogen-bond donors (Lipinski definition) is 0. The van der Waals surface area contributed by atoms with Crippen molar-refractivity contribution >= 4 is 18.2 Å². The Kier molecular flexibility index (Phi) is 4.96. The van der Waals surface area contributed by atoms with Crippen LogP contribution in [0.15, 0.2) is 35.1 Å². The molecule has 1 aliphatic heterocycles. The predicted molar refractivity (Wildman–Crippen MR) is 85.8 cm³/mol. The van der Waals surface area contributed by atoms with Crippen molar-refractivity contribution in [2.24, 2.45) is 5.41 Å². The topological polar surface area (TPSA) is 78.9 Å². The highest BCUT2D eigenvalue weighted by Crippen LogP contribution is 2.49. The first-order chi connectivity index (χ1) is 11.3. The second-order valence-corrected chi connectivity index (χ2v) is 6.52. The molecule has 0 saturated heterocycles. The van der Waals surface area contributed by atoms with Crippen LogP contribution >= 0.6 is 0 Å². The summed E-state index contributed by atoms with van der Waals surface area (Å²) in [6, 6.07) is 0. The van der Waals surface area contributed by atoms with Crippen LogP contribution in [0, 0.1) is 5.41 Å². The van der Waals surface area contributed by atoms with Gasteiger partial charge in [0.15, 0.2) is 0 Å². The summed E-state index contributed by atoms with van der Waals surface area (Å²) >= 11 is 0. The average Bonchev–Trinajstić information content (AvgIpc) is 2.58. The van der Waals surface area contributed by atoms with E-state index in [0.717, 1.165) is 6.29 Å². The van der Waals surface area contributed by atoms with Crippen molar-refractivity contribution in [3.05, 3.63) is 35.1 Å². The van der Waals surface area contributed by atoms with Crippen LogP contribution < -0.4 is 0 Å². The predicted octanol–water partition coefficient (Wildman–Crippen LogP) is 2.25. The van der Waals surface area contributed by atoms with Gasteiger partial charge in [-0.15, -0.1) is 0 Å². The summed E-state index contributed by atoms with van der Waals surface area (Å²) < 4.78 is 15.4. The lowest BCUT2D eigenvalue weighted by Crippen LogP contribution is -2.48. The third kappa shape index (κ3) is 3.00. The normalized spacial score (nSPS) is 33.8. The van der Waals surface area contributed by atoms with Crippen molar-refractivity contribution in [1.29, 1.82) is 0 Å². The van der Waals surface area contributed by atoms with Gasteiger partial charge in [-0.25, -0.2) is 9.59 Å². The molecule has 0 spiro atoms.